The quantitative estimate of drug-likeness (QED) is 0.940. The van der Waals surface area contributed by atoms with Crippen molar-refractivity contribution in [3.63, 3.8) is 0 Å². The van der Waals surface area contributed by atoms with Crippen LogP contribution in [0.5, 0.6) is 0 Å². The topological polar surface area (TPSA) is 61.3 Å². The van der Waals surface area contributed by atoms with E-state index in [0.717, 1.165) is 30.4 Å². The summed E-state index contributed by atoms with van der Waals surface area (Å²) < 4.78 is 1.86. The van der Waals surface area contributed by atoms with Crippen LogP contribution in [0.3, 0.4) is 0 Å². The molecule has 1 aliphatic rings. The highest BCUT2D eigenvalue weighted by Crippen LogP contribution is 2.25. The van der Waals surface area contributed by atoms with Gasteiger partial charge in [-0.25, -0.2) is 9.59 Å². The normalized spacial score (nSPS) is 16.1. The van der Waals surface area contributed by atoms with Crippen LogP contribution in [-0.4, -0.2) is 52.1 Å². The maximum atomic E-state index is 12.5. The Morgan fingerprint density at radius 1 is 1.29 bits per heavy atom. The van der Waals surface area contributed by atoms with Crippen molar-refractivity contribution in [2.45, 2.75) is 32.7 Å². The van der Waals surface area contributed by atoms with Crippen LogP contribution in [0.4, 0.5) is 4.79 Å². The molecule has 1 N–H and O–H groups in total. The molecule has 1 fully saturated rings. The summed E-state index contributed by atoms with van der Waals surface area (Å²) in [6.07, 6.45) is 1.62. The molecule has 0 saturated carbocycles. The largest absolute Gasteiger partial charge is 0.327 e. The fraction of sp³-hybridized carbons (Fsp3) is 0.556. The number of H-pyrrole nitrogens is 1. The van der Waals surface area contributed by atoms with Crippen molar-refractivity contribution < 1.29 is 4.79 Å². The number of piperidine rings is 1. The van der Waals surface area contributed by atoms with Crippen LogP contribution in [0, 0.1) is 5.92 Å². The number of aromatic nitrogens is 2. The van der Waals surface area contributed by atoms with E-state index in [2.05, 4.69) is 18.8 Å². The first-order valence-electron chi connectivity index (χ1n) is 8.66. The Morgan fingerprint density at radius 2 is 1.96 bits per heavy atom. The number of carbonyl (C=O) groups excluding carboxylic acids is 1. The lowest BCUT2D eigenvalue weighted by Gasteiger charge is -2.35. The van der Waals surface area contributed by atoms with Gasteiger partial charge in [-0.05, 0) is 30.9 Å². The Labute approximate surface area is 142 Å². The van der Waals surface area contributed by atoms with E-state index in [1.165, 1.54) is 0 Å². The third kappa shape index (κ3) is 3.18. The molecule has 130 valence electrons. The smallest absolute Gasteiger partial charge is 0.326 e. The molecular formula is C18H26N4O2. The minimum absolute atomic E-state index is 0.0575. The molecular weight excluding hydrogens is 304 g/mol. The highest BCUT2D eigenvalue weighted by Gasteiger charge is 2.27. The Morgan fingerprint density at radius 3 is 2.62 bits per heavy atom. The first-order valence-corrected chi connectivity index (χ1v) is 8.66. The summed E-state index contributed by atoms with van der Waals surface area (Å²) in [5, 5.41) is 0. The van der Waals surface area contributed by atoms with Crippen molar-refractivity contribution in [2.24, 2.45) is 5.92 Å². The highest BCUT2D eigenvalue weighted by atomic mass is 16.2. The molecule has 2 heterocycles. The van der Waals surface area contributed by atoms with Crippen molar-refractivity contribution in [1.82, 2.24) is 19.4 Å². The fourth-order valence-electron chi connectivity index (χ4n) is 3.62. The van der Waals surface area contributed by atoms with Crippen LogP contribution in [0.25, 0.3) is 11.0 Å². The zero-order valence-corrected chi connectivity index (χ0v) is 14.7. The lowest BCUT2D eigenvalue weighted by Crippen LogP contribution is -2.46. The minimum atomic E-state index is -0.0575. The molecule has 1 aromatic carbocycles. The van der Waals surface area contributed by atoms with E-state index < -0.39 is 0 Å². The molecule has 0 bridgehead atoms. The van der Waals surface area contributed by atoms with Crippen LogP contribution >= 0.6 is 0 Å². The maximum Gasteiger partial charge on any atom is 0.326 e. The fourth-order valence-corrected chi connectivity index (χ4v) is 3.62. The number of hydrogen-bond acceptors (Lipinski definition) is 2. The summed E-state index contributed by atoms with van der Waals surface area (Å²) in [6, 6.07) is 8.01. The molecule has 24 heavy (non-hydrogen) atoms. The van der Waals surface area contributed by atoms with E-state index in [9.17, 15) is 9.59 Å². The van der Waals surface area contributed by atoms with Gasteiger partial charge in [-0.15, -0.1) is 0 Å². The van der Waals surface area contributed by atoms with Gasteiger partial charge in [0.25, 0.3) is 0 Å². The molecule has 6 heteroatoms. The maximum absolute atomic E-state index is 12.5. The number of para-hydroxylation sites is 2. The number of carbonyl (C=O) groups is 1. The third-order valence-corrected chi connectivity index (χ3v) is 4.69. The Kier molecular flexibility index (Phi) is 4.64. The van der Waals surface area contributed by atoms with Crippen LogP contribution in [0.15, 0.2) is 29.1 Å². The van der Waals surface area contributed by atoms with Crippen LogP contribution in [0.2, 0.25) is 0 Å². The van der Waals surface area contributed by atoms with E-state index in [-0.39, 0.29) is 17.8 Å². The summed E-state index contributed by atoms with van der Waals surface area (Å²) in [7, 11) is 1.86. The van der Waals surface area contributed by atoms with Crippen molar-refractivity contribution in [2.75, 3.05) is 26.7 Å². The minimum Gasteiger partial charge on any atom is -0.327 e. The lowest BCUT2D eigenvalue weighted by atomic mass is 10.0. The number of likely N-dealkylation sites (tertiary alicyclic amines) is 1. The second-order valence-corrected chi connectivity index (χ2v) is 7.09. The summed E-state index contributed by atoms with van der Waals surface area (Å²) >= 11 is 0. The SMILES string of the molecule is CC(C)CN(C)C(=O)N1CCC(n2c(=O)[nH]c3ccccc32)CC1. The van der Waals surface area contributed by atoms with Crippen molar-refractivity contribution in [3.05, 3.63) is 34.7 Å². The molecule has 1 aliphatic heterocycles. The third-order valence-electron chi connectivity index (χ3n) is 4.69. The first-order chi connectivity index (χ1) is 11.5. The monoisotopic (exact) mass is 330 g/mol. The van der Waals surface area contributed by atoms with E-state index in [0.29, 0.717) is 19.0 Å². The number of amides is 2. The molecule has 1 aromatic heterocycles. The predicted molar refractivity (Wildman–Crippen MR) is 95.3 cm³/mol. The standard InChI is InChI=1S/C18H26N4O2/c1-13(2)12-20(3)18(24)21-10-8-14(9-11-21)22-16-7-5-4-6-15(16)19-17(22)23/h4-7,13-14H,8-12H2,1-3H3,(H,19,23). The van der Waals surface area contributed by atoms with Gasteiger partial charge in [-0.3, -0.25) is 4.57 Å². The average molecular weight is 330 g/mol. The molecule has 0 aliphatic carbocycles. The number of rotatable bonds is 3. The van der Waals surface area contributed by atoms with Crippen LogP contribution < -0.4 is 5.69 Å². The number of nitrogens with zero attached hydrogens (tertiary/aromatic N) is 3. The molecule has 6 nitrogen and oxygen atoms in total. The number of fused-ring (bicyclic) bond motifs is 1. The van der Waals surface area contributed by atoms with Gasteiger partial charge in [0.2, 0.25) is 0 Å². The lowest BCUT2D eigenvalue weighted by molar-refractivity contribution is 0.138. The van der Waals surface area contributed by atoms with Gasteiger partial charge in [-0.2, -0.15) is 0 Å². The molecule has 3 rings (SSSR count). The van der Waals surface area contributed by atoms with Crippen molar-refractivity contribution >= 4 is 17.1 Å². The zero-order valence-electron chi connectivity index (χ0n) is 14.7. The molecule has 1 saturated heterocycles. The Bertz CT molecular complexity index is 769. The Hall–Kier alpha value is -2.24. The summed E-state index contributed by atoms with van der Waals surface area (Å²) in [5.41, 5.74) is 1.76. The number of imidazole rings is 1. The van der Waals surface area contributed by atoms with Crippen LogP contribution in [0.1, 0.15) is 32.7 Å². The number of nitrogens with one attached hydrogen (secondary N) is 1. The van der Waals surface area contributed by atoms with Gasteiger partial charge in [0.15, 0.2) is 0 Å². The van der Waals surface area contributed by atoms with Crippen molar-refractivity contribution in [1.29, 1.82) is 0 Å². The van der Waals surface area contributed by atoms with E-state index in [1.807, 2.05) is 40.8 Å². The van der Waals surface area contributed by atoms with Gasteiger partial charge in [0, 0.05) is 32.7 Å². The van der Waals surface area contributed by atoms with E-state index in [4.69, 9.17) is 0 Å². The average Bonchev–Trinajstić information content (AvgIpc) is 2.89. The molecule has 0 radical (unpaired) electrons. The second-order valence-electron chi connectivity index (χ2n) is 7.09. The zero-order chi connectivity index (χ0) is 17.3. The summed E-state index contributed by atoms with van der Waals surface area (Å²) in [4.78, 5) is 31.4. The summed E-state index contributed by atoms with van der Waals surface area (Å²) in [6.45, 7) is 6.37. The molecule has 0 spiro atoms. The molecule has 2 aromatic rings. The van der Waals surface area contributed by atoms with Crippen molar-refractivity contribution in [3.8, 4) is 0 Å². The first kappa shape index (κ1) is 16.6. The van der Waals surface area contributed by atoms with Gasteiger partial charge >= 0.3 is 11.7 Å². The predicted octanol–water partition coefficient (Wildman–Crippen LogP) is 2.67. The van der Waals surface area contributed by atoms with Gasteiger partial charge in [-0.1, -0.05) is 26.0 Å². The van der Waals surface area contributed by atoms with Gasteiger partial charge < -0.3 is 14.8 Å². The van der Waals surface area contributed by atoms with E-state index >= 15 is 0 Å². The summed E-state index contributed by atoms with van der Waals surface area (Å²) in [5.74, 6) is 0.460. The van der Waals surface area contributed by atoms with Crippen LogP contribution in [-0.2, 0) is 0 Å². The molecule has 0 unspecified atom stereocenters. The number of urea groups is 1. The highest BCUT2D eigenvalue weighted by molar-refractivity contribution is 5.75. The Balaban J connectivity index is 1.70. The number of benzene rings is 1. The number of hydrogen-bond donors (Lipinski definition) is 1. The molecule has 0 atom stereocenters. The number of aromatic amines is 1. The van der Waals surface area contributed by atoms with E-state index in [1.54, 1.807) is 4.90 Å². The van der Waals surface area contributed by atoms with Gasteiger partial charge in [0.1, 0.15) is 0 Å². The van der Waals surface area contributed by atoms with Gasteiger partial charge in [0.05, 0.1) is 11.0 Å². The second kappa shape index (κ2) is 6.71. The molecule has 2 amide bonds.